The predicted octanol–water partition coefficient (Wildman–Crippen LogP) is 1.50. The fraction of sp³-hybridized carbons (Fsp3) is 0.333. The van der Waals surface area contributed by atoms with Crippen molar-refractivity contribution in [1.82, 2.24) is 0 Å². The van der Waals surface area contributed by atoms with Crippen molar-refractivity contribution >= 4 is 0 Å². The van der Waals surface area contributed by atoms with Crippen molar-refractivity contribution in [3.05, 3.63) is 66.3 Å². The zero-order chi connectivity index (χ0) is 13.7. The molecule has 0 aliphatic rings. The van der Waals surface area contributed by atoms with Gasteiger partial charge < -0.3 is 0 Å². The Morgan fingerprint density at radius 2 is 1.37 bits per heavy atom. The Morgan fingerprint density at radius 1 is 0.789 bits per heavy atom. The van der Waals surface area contributed by atoms with Gasteiger partial charge in [-0.05, 0) is 0 Å². The van der Waals surface area contributed by atoms with Crippen LogP contribution in [0, 0.1) is 7.14 Å². The van der Waals surface area contributed by atoms with Crippen molar-refractivity contribution in [2.45, 2.75) is 40.0 Å². The monoisotopic (exact) mass is 365 g/mol. The van der Waals surface area contributed by atoms with E-state index in [0.717, 1.165) is 19.3 Å². The molecule has 0 bridgehead atoms. The van der Waals surface area contributed by atoms with Crippen molar-refractivity contribution in [2.24, 2.45) is 0 Å². The number of hydrogen-bond acceptors (Lipinski definition) is 0. The second-order valence-electron chi connectivity index (χ2n) is 4.68. The first-order valence-electron chi connectivity index (χ1n) is 7.13. The van der Waals surface area contributed by atoms with Gasteiger partial charge in [0.1, 0.15) is 0 Å². The van der Waals surface area contributed by atoms with E-state index in [-0.39, 0.29) is 21.2 Å². The molecule has 19 heavy (non-hydrogen) atoms. The van der Waals surface area contributed by atoms with Gasteiger partial charge in [0.15, 0.2) is 0 Å². The van der Waals surface area contributed by atoms with E-state index in [4.69, 9.17) is 0 Å². The van der Waals surface area contributed by atoms with E-state index < -0.39 is 0 Å². The molecule has 0 saturated heterocycles. The summed E-state index contributed by atoms with van der Waals surface area (Å²) in [5.41, 5.74) is 4.65. The Morgan fingerprint density at radius 3 is 1.84 bits per heavy atom. The van der Waals surface area contributed by atoms with Crippen molar-refractivity contribution in [1.29, 1.82) is 0 Å². The molecule has 0 saturated carbocycles. The van der Waals surface area contributed by atoms with Crippen LogP contribution in [-0.4, -0.2) is 0 Å². The Balaban J connectivity index is 2.42. The average molecular weight is 365 g/mol. The molecule has 0 aliphatic heterocycles. The van der Waals surface area contributed by atoms with Crippen molar-refractivity contribution in [3.63, 3.8) is 0 Å². The molecule has 0 aliphatic carbocycles. The van der Waals surface area contributed by atoms with Gasteiger partial charge in [-0.3, -0.25) is 0 Å². The Labute approximate surface area is 127 Å². The summed E-state index contributed by atoms with van der Waals surface area (Å²) in [6.07, 6.45) is 3.45. The van der Waals surface area contributed by atoms with Crippen LogP contribution in [0.4, 0.5) is 0 Å². The molecule has 2 rings (SSSR count). The molecular weight excluding hydrogens is 343 g/mol. The Bertz CT molecular complexity index is 504. The van der Waals surface area contributed by atoms with Gasteiger partial charge in [-0.15, -0.1) is 0 Å². The van der Waals surface area contributed by atoms with Gasteiger partial charge in [-0.25, -0.2) is 0 Å². The van der Waals surface area contributed by atoms with Gasteiger partial charge in [0.2, 0.25) is 0 Å². The number of benzene rings is 2. The van der Waals surface area contributed by atoms with Crippen LogP contribution in [0.3, 0.4) is 0 Å². The molecule has 0 radical (unpaired) electrons. The molecule has 0 fully saturated rings. The average Bonchev–Trinajstić information content (AvgIpc) is 2.48. The molecule has 0 atom stereocenters. The van der Waals surface area contributed by atoms with Crippen molar-refractivity contribution in [2.75, 3.05) is 0 Å². The second-order valence-corrected chi connectivity index (χ2v) is 7.54. The van der Waals surface area contributed by atoms with Crippen LogP contribution in [0.2, 0.25) is 0 Å². The van der Waals surface area contributed by atoms with Crippen LogP contribution in [0.5, 0.6) is 0 Å². The fourth-order valence-corrected chi connectivity index (χ4v) is 5.41. The summed E-state index contributed by atoms with van der Waals surface area (Å²) in [7, 11) is 0. The first-order valence-corrected chi connectivity index (χ1v) is 9.28. The van der Waals surface area contributed by atoms with E-state index in [0.29, 0.717) is 0 Å². The van der Waals surface area contributed by atoms with E-state index in [1.807, 2.05) is 0 Å². The fourth-order valence-electron chi connectivity index (χ4n) is 2.25. The van der Waals surface area contributed by atoms with Crippen molar-refractivity contribution < 1.29 is 21.2 Å². The molecule has 0 spiro atoms. The summed E-state index contributed by atoms with van der Waals surface area (Å²) in [6, 6.07) is 15.8. The van der Waals surface area contributed by atoms with Gasteiger partial charge in [0, 0.05) is 0 Å². The Kier molecular flexibility index (Phi) is 5.44. The zero-order valence-corrected chi connectivity index (χ0v) is 14.2. The zero-order valence-electron chi connectivity index (χ0n) is 12.0. The molecule has 0 aromatic heterocycles. The van der Waals surface area contributed by atoms with Gasteiger partial charge in [0.05, 0.1) is 0 Å². The summed E-state index contributed by atoms with van der Waals surface area (Å²) in [5, 5.41) is 0. The van der Waals surface area contributed by atoms with Crippen LogP contribution in [-0.2, 0) is 19.3 Å². The van der Waals surface area contributed by atoms with E-state index in [1.165, 1.54) is 9.13 Å². The van der Waals surface area contributed by atoms with E-state index in [2.05, 4.69) is 63.2 Å². The van der Waals surface area contributed by atoms with Crippen LogP contribution in [0.25, 0.3) is 0 Å². The maximum absolute atomic E-state index is 2.43. The van der Waals surface area contributed by atoms with E-state index in [9.17, 15) is 0 Å². The Hall–Kier alpha value is -0.830. The second kappa shape index (κ2) is 7.09. The van der Waals surface area contributed by atoms with Gasteiger partial charge in [-0.1, -0.05) is 0 Å². The first kappa shape index (κ1) is 14.6. The minimum atomic E-state index is -0.0455. The normalized spacial score (nSPS) is 10.9. The van der Waals surface area contributed by atoms with Crippen molar-refractivity contribution in [3.8, 4) is 0 Å². The molecule has 0 N–H and O–H groups in total. The molecule has 102 valence electrons. The quantitative estimate of drug-likeness (QED) is 0.705. The third kappa shape index (κ3) is 3.59. The molecule has 0 amide bonds. The summed E-state index contributed by atoms with van der Waals surface area (Å²) in [4.78, 5) is 0. The van der Waals surface area contributed by atoms with Crippen LogP contribution < -0.4 is 21.2 Å². The number of rotatable bonds is 5. The van der Waals surface area contributed by atoms with Crippen LogP contribution >= 0.6 is 0 Å². The third-order valence-electron chi connectivity index (χ3n) is 3.39. The number of hydrogen-bond donors (Lipinski definition) is 0. The molecule has 2 aromatic rings. The molecule has 2 aromatic carbocycles. The predicted molar refractivity (Wildman–Crippen MR) is 78.4 cm³/mol. The van der Waals surface area contributed by atoms with E-state index >= 15 is 0 Å². The number of aryl methyl sites for hydroxylation is 3. The first-order chi connectivity index (χ1) is 9.28. The van der Waals surface area contributed by atoms with Gasteiger partial charge >= 0.3 is 128 Å². The molecule has 0 heterocycles. The van der Waals surface area contributed by atoms with Crippen LogP contribution in [0.15, 0.2) is 42.5 Å². The van der Waals surface area contributed by atoms with Gasteiger partial charge in [0.25, 0.3) is 0 Å². The molecule has 1 heteroatoms. The molecular formula is C18H22I-. The SMILES string of the molecule is CCc1cc(CC)c([I-]c2ccccc2)c(CC)c1. The van der Waals surface area contributed by atoms with Gasteiger partial charge in [-0.2, -0.15) is 0 Å². The van der Waals surface area contributed by atoms with E-state index in [1.54, 1.807) is 14.7 Å². The maximum atomic E-state index is 2.43. The summed E-state index contributed by atoms with van der Waals surface area (Å²) >= 11 is -0.0455. The summed E-state index contributed by atoms with van der Waals surface area (Å²) in [5.74, 6) is 0. The third-order valence-corrected chi connectivity index (χ3v) is 6.66. The summed E-state index contributed by atoms with van der Waals surface area (Å²) < 4.78 is 3.18. The standard InChI is InChI=1S/C18H22I/c1-4-14-12-15(5-2)18(16(6-3)13-14)19-17-10-8-7-9-11-17/h7-13H,4-6H2,1-3H3/q-1. The minimum absolute atomic E-state index is 0.0455. The summed E-state index contributed by atoms with van der Waals surface area (Å²) in [6.45, 7) is 6.82. The topological polar surface area (TPSA) is 0 Å². The van der Waals surface area contributed by atoms with Crippen LogP contribution in [0.1, 0.15) is 37.5 Å². The molecule has 0 nitrogen and oxygen atoms in total. The molecule has 0 unspecified atom stereocenters. The number of halogens is 1.